The number of aliphatic imine (C=N–C) groups is 4. The fraction of sp³-hybridized carbons (Fsp3) is 0.613. The van der Waals surface area contributed by atoms with Crippen molar-refractivity contribution in [1.82, 2.24) is 14.9 Å². The first kappa shape index (κ1) is 68.8. The number of phosphoric ester groups is 1. The number of benzene rings is 1. The van der Waals surface area contributed by atoms with Crippen LogP contribution in [-0.2, 0) is 51.9 Å². The van der Waals surface area contributed by atoms with E-state index in [1.165, 1.54) is 13.3 Å². The molecule has 8 bridgehead atoms. The Morgan fingerprint density at radius 3 is 1.90 bits per heavy atom. The molecule has 0 spiro atoms. The van der Waals surface area contributed by atoms with Crippen LogP contribution < -0.4 is 39.7 Å². The van der Waals surface area contributed by atoms with Gasteiger partial charge in [0.2, 0.25) is 41.4 Å². The maximum Gasteiger partial charge on any atom is 0.472 e. The van der Waals surface area contributed by atoms with Crippen LogP contribution in [0.15, 0.2) is 72.7 Å². The summed E-state index contributed by atoms with van der Waals surface area (Å²) in [6.45, 7) is 19.0. The van der Waals surface area contributed by atoms with E-state index in [2.05, 4.69) is 10.3 Å². The number of fused-ring (bicyclic) bond motifs is 6. The number of hydrogen-bond acceptors (Lipinski definition) is 18. The predicted molar refractivity (Wildman–Crippen MR) is 334 cm³/mol. The standard InChI is InChI=1S/C62H88N13O14P/c1-29-20-39-40(21-30(29)2)75(28-70-39)57-52(84)53(41(27-76)87-57)89-90(85,86)88-31(3)26-69-49(83)18-19-59(8)37(22-46(66)80)56-62(11)61(10,25-48(68)82)36(14-17-45(65)79)51(74-62)33(5)55-60(9,24-47(67)81)34(12-15-43(63)77)38(71-55)23-42-58(6,7)35(13-16-44(64)78)50(72-42)32(4)54(59)73-56/h20-21,23,28,31,34-37,41,52-53,57,76,84H,12-19,22,24-27H2,1-11H3,(H2,63,77)(H2,64,78)(H2,65,79)(H2,66,80)(H2,67,81)(H2,68,82)(H,69,83)(H,85,86)/b42-23-,54-32-,55-33-. The van der Waals surface area contributed by atoms with Crippen molar-refractivity contribution in [3.05, 3.63) is 63.9 Å². The van der Waals surface area contributed by atoms with Gasteiger partial charge in [0.05, 0.1) is 47.2 Å². The quantitative estimate of drug-likeness (QED) is 0.0601. The smallest absolute Gasteiger partial charge is 0.394 e. The maximum atomic E-state index is 14.4. The van der Waals surface area contributed by atoms with Crippen LogP contribution in [0.2, 0.25) is 0 Å². The zero-order valence-electron chi connectivity index (χ0n) is 53.1. The first-order chi connectivity index (χ1) is 41.8. The van der Waals surface area contributed by atoms with Crippen LogP contribution in [-0.4, -0.2) is 132 Å². The number of nitrogens with two attached hydrogens (primary N) is 6. The number of aliphatic hydroxyl groups is 2. The van der Waals surface area contributed by atoms with Crippen LogP contribution in [0.3, 0.4) is 0 Å². The zero-order chi connectivity index (χ0) is 66.7. The highest BCUT2D eigenvalue weighted by atomic mass is 31.2. The number of carbonyl (C=O) groups excluding carboxylic acids is 7. The summed E-state index contributed by atoms with van der Waals surface area (Å²) in [5.74, 6) is -7.52. The van der Waals surface area contributed by atoms with E-state index in [0.717, 1.165) is 11.1 Å². The monoisotopic (exact) mass is 1270 g/mol. The Balaban J connectivity index is 1.20. The fourth-order valence-electron chi connectivity index (χ4n) is 15.0. The molecule has 6 aliphatic heterocycles. The molecule has 7 amide bonds. The number of nitrogens with one attached hydrogen (secondary N) is 1. The molecule has 0 radical (unpaired) electrons. The van der Waals surface area contributed by atoms with Crippen molar-refractivity contribution < 1.29 is 67.0 Å². The molecular formula is C62H88N13O14P. The number of hydrogen-bond donors (Lipinski definition) is 10. The summed E-state index contributed by atoms with van der Waals surface area (Å²) in [6, 6.07) is 3.73. The van der Waals surface area contributed by atoms with E-state index >= 15 is 0 Å². The fourth-order valence-corrected chi connectivity index (χ4v) is 16.2. The third kappa shape index (κ3) is 12.9. The molecule has 28 heteroatoms. The number of carbonyl (C=O) groups is 7. The zero-order valence-corrected chi connectivity index (χ0v) is 54.0. The molecule has 0 saturated carbocycles. The minimum Gasteiger partial charge on any atom is -0.394 e. The summed E-state index contributed by atoms with van der Waals surface area (Å²) in [4.78, 5) is 131. The van der Waals surface area contributed by atoms with Gasteiger partial charge in [-0.1, -0.05) is 34.6 Å². The van der Waals surface area contributed by atoms with E-state index in [4.69, 9.17) is 68.2 Å². The van der Waals surface area contributed by atoms with E-state index in [9.17, 15) is 53.2 Å². The molecule has 490 valence electrons. The van der Waals surface area contributed by atoms with Gasteiger partial charge in [-0.05, 0) is 108 Å². The minimum atomic E-state index is -5.07. The van der Waals surface area contributed by atoms with Gasteiger partial charge >= 0.3 is 7.82 Å². The lowest BCUT2D eigenvalue weighted by atomic mass is 9.56. The number of aromatic nitrogens is 2. The molecule has 6 aliphatic rings. The highest BCUT2D eigenvalue weighted by Crippen LogP contribution is 2.62. The third-order valence-electron chi connectivity index (χ3n) is 20.2. The van der Waals surface area contributed by atoms with Crippen molar-refractivity contribution >= 4 is 83.1 Å². The number of phosphoric acid groups is 1. The van der Waals surface area contributed by atoms with Crippen molar-refractivity contribution in [1.29, 1.82) is 0 Å². The van der Waals surface area contributed by atoms with Crippen molar-refractivity contribution in [2.45, 2.75) is 183 Å². The molecule has 1 saturated heterocycles. The van der Waals surface area contributed by atoms with Crippen LogP contribution in [0.5, 0.6) is 0 Å². The molecule has 1 aromatic heterocycles. The van der Waals surface area contributed by atoms with Crippen molar-refractivity contribution in [3.63, 3.8) is 0 Å². The van der Waals surface area contributed by atoms with Crippen LogP contribution >= 0.6 is 7.82 Å². The largest absolute Gasteiger partial charge is 0.472 e. The van der Waals surface area contributed by atoms with Gasteiger partial charge in [0.15, 0.2) is 6.23 Å². The summed E-state index contributed by atoms with van der Waals surface area (Å²) >= 11 is 0. The van der Waals surface area contributed by atoms with Crippen LogP contribution in [0.1, 0.15) is 150 Å². The topological polar surface area (TPSA) is 460 Å². The highest BCUT2D eigenvalue weighted by Gasteiger charge is 2.65. The van der Waals surface area contributed by atoms with Gasteiger partial charge in [-0.3, -0.25) is 62.6 Å². The Hall–Kier alpha value is -7.13. The summed E-state index contributed by atoms with van der Waals surface area (Å²) in [6.07, 6.45) is -4.63. The second-order valence-corrected chi connectivity index (χ2v) is 28.2. The molecular weight excluding hydrogens is 1180 g/mol. The lowest BCUT2D eigenvalue weighted by Gasteiger charge is -2.45. The Morgan fingerprint density at radius 2 is 1.31 bits per heavy atom. The van der Waals surface area contributed by atoms with Crippen molar-refractivity contribution in [2.24, 2.45) is 99.7 Å². The number of rotatable bonds is 26. The minimum absolute atomic E-state index is 0.0372. The number of amides is 7. The second-order valence-electron chi connectivity index (χ2n) is 26.8. The Bertz CT molecular complexity index is 3600. The van der Waals surface area contributed by atoms with Gasteiger partial charge in [-0.25, -0.2) is 9.55 Å². The number of nitrogens with zero attached hydrogens (tertiary/aromatic N) is 6. The van der Waals surface area contributed by atoms with Crippen LogP contribution in [0.25, 0.3) is 11.0 Å². The lowest BCUT2D eigenvalue weighted by Crippen LogP contribution is -2.54. The lowest BCUT2D eigenvalue weighted by molar-refractivity contribution is -0.123. The molecule has 14 unspecified atom stereocenters. The Kier molecular flexibility index (Phi) is 19.5. The van der Waals surface area contributed by atoms with Crippen LogP contribution in [0.4, 0.5) is 0 Å². The molecule has 0 aliphatic carbocycles. The number of primary amides is 6. The van der Waals surface area contributed by atoms with E-state index in [1.807, 2.05) is 66.7 Å². The summed E-state index contributed by atoms with van der Waals surface area (Å²) < 4.78 is 32.2. The van der Waals surface area contributed by atoms with E-state index < -0.39 is 137 Å². The molecule has 2 aromatic rings. The Labute approximate surface area is 522 Å². The van der Waals surface area contributed by atoms with Crippen molar-refractivity contribution in [2.75, 3.05) is 13.2 Å². The molecule has 8 rings (SSSR count). The van der Waals surface area contributed by atoms with E-state index in [1.54, 1.807) is 25.3 Å². The van der Waals surface area contributed by atoms with E-state index in [0.29, 0.717) is 62.1 Å². The normalized spacial score (nSPS) is 33.4. The van der Waals surface area contributed by atoms with Gasteiger partial charge in [0.25, 0.3) is 0 Å². The first-order valence-electron chi connectivity index (χ1n) is 30.4. The summed E-state index contributed by atoms with van der Waals surface area (Å²) in [7, 11) is -5.07. The molecule has 14 atom stereocenters. The number of ether oxygens (including phenoxy) is 1. The molecule has 7 heterocycles. The second kappa shape index (κ2) is 25.5. The Morgan fingerprint density at radius 1 is 0.733 bits per heavy atom. The number of imidazole rings is 1. The van der Waals surface area contributed by atoms with Crippen molar-refractivity contribution in [3.8, 4) is 0 Å². The van der Waals surface area contributed by atoms with Gasteiger partial charge < -0.3 is 64.1 Å². The third-order valence-corrected chi connectivity index (χ3v) is 21.3. The summed E-state index contributed by atoms with van der Waals surface area (Å²) in [5, 5.41) is 24.6. The SMILES string of the molecule is C/C1=C2N=C(/C=C3N=C(/C(C)=C4\N=C(C(CC(N)=O)C4(C)CCC(=O)NCC(C)OP(=O)(O)OC4C(CO)OC(n5cnc6cc(C)c(C)cc65)C4O)C4(C)N=C1C(CCC(N)=O)C4(C)CC(N)=O)C(CCC(N)=O)C\3(C)C)C(CCC(N)=O)C/2(C)CC(N)=O. The van der Waals surface area contributed by atoms with Crippen LogP contribution in [0, 0.1) is 59.2 Å². The summed E-state index contributed by atoms with van der Waals surface area (Å²) in [5.41, 5.74) is 36.8. The first-order valence-corrected chi connectivity index (χ1v) is 31.9. The average molecular weight is 1270 g/mol. The number of aryl methyl sites for hydroxylation is 2. The van der Waals surface area contributed by atoms with Gasteiger partial charge in [0.1, 0.15) is 23.9 Å². The van der Waals surface area contributed by atoms with Gasteiger partial charge in [0, 0.05) is 120 Å². The van der Waals surface area contributed by atoms with Gasteiger partial charge in [-0.15, -0.1) is 0 Å². The number of aliphatic hydroxyl groups excluding tert-OH is 2. The molecule has 27 nitrogen and oxygen atoms in total. The average Bonchev–Trinajstić information content (AvgIpc) is 1.53. The molecule has 90 heavy (non-hydrogen) atoms. The highest BCUT2D eigenvalue weighted by molar-refractivity contribution is 7.47. The molecule has 16 N–H and O–H groups in total. The maximum absolute atomic E-state index is 14.4. The van der Waals surface area contributed by atoms with E-state index in [-0.39, 0.29) is 77.2 Å². The predicted octanol–water partition coefficient (Wildman–Crippen LogP) is 3.65. The molecule has 1 fully saturated rings. The molecule has 1 aromatic carbocycles. The van der Waals surface area contributed by atoms with Gasteiger partial charge in [-0.2, -0.15) is 0 Å². The number of allylic oxidation sites excluding steroid dienone is 6.